The van der Waals surface area contributed by atoms with E-state index in [9.17, 15) is 9.90 Å². The summed E-state index contributed by atoms with van der Waals surface area (Å²) in [6.45, 7) is 0.615. The zero-order valence-electron chi connectivity index (χ0n) is 13.7. The van der Waals surface area contributed by atoms with E-state index in [1.165, 1.54) is 17.3 Å². The summed E-state index contributed by atoms with van der Waals surface area (Å²) in [5.41, 5.74) is 6.49. The van der Waals surface area contributed by atoms with Gasteiger partial charge in [-0.15, -0.1) is 5.73 Å². The minimum Gasteiger partial charge on any atom is -0.492 e. The number of aryl methyl sites for hydroxylation is 1. The standard InChI is InChI=1S/C18H18N2O4S/c1-19-9-3-5-13-10-12(7-8-14(13)19)4-2-6-15-17(23)20(11-16(21)22)18(25)24-15/h4,6-8,10,23H,3,5,9,11H2,1H3,(H,21,22). The molecule has 2 heterocycles. The van der Waals surface area contributed by atoms with Gasteiger partial charge in [-0.2, -0.15) is 0 Å². The Morgan fingerprint density at radius 3 is 3.00 bits per heavy atom. The summed E-state index contributed by atoms with van der Waals surface area (Å²) in [5.74, 6) is -1.35. The minimum absolute atomic E-state index is 0.0835. The number of aromatic nitrogens is 1. The van der Waals surface area contributed by atoms with Gasteiger partial charge in [-0.05, 0) is 54.4 Å². The van der Waals surface area contributed by atoms with Crippen molar-refractivity contribution in [1.29, 1.82) is 0 Å². The summed E-state index contributed by atoms with van der Waals surface area (Å²) in [5, 5.41) is 18.8. The van der Waals surface area contributed by atoms with Crippen molar-refractivity contribution >= 4 is 36.0 Å². The molecule has 0 atom stereocenters. The predicted octanol–water partition coefficient (Wildman–Crippen LogP) is 3.31. The molecule has 2 N–H and O–H groups in total. The number of oxazole rings is 1. The van der Waals surface area contributed by atoms with E-state index in [4.69, 9.17) is 21.7 Å². The highest BCUT2D eigenvalue weighted by molar-refractivity contribution is 7.71. The Morgan fingerprint density at radius 1 is 1.44 bits per heavy atom. The summed E-state index contributed by atoms with van der Waals surface area (Å²) in [7, 11) is 2.09. The smallest absolute Gasteiger partial charge is 0.323 e. The summed E-state index contributed by atoms with van der Waals surface area (Å²) in [6, 6.07) is 6.22. The number of rotatable bonds is 4. The van der Waals surface area contributed by atoms with Crippen LogP contribution in [-0.4, -0.2) is 34.3 Å². The number of carbonyl (C=O) groups is 1. The van der Waals surface area contributed by atoms with Gasteiger partial charge in [-0.1, -0.05) is 6.07 Å². The van der Waals surface area contributed by atoms with Crippen molar-refractivity contribution in [2.45, 2.75) is 19.4 Å². The average Bonchev–Trinajstić information content (AvgIpc) is 2.82. The van der Waals surface area contributed by atoms with Gasteiger partial charge in [0.25, 0.3) is 4.84 Å². The van der Waals surface area contributed by atoms with Crippen LogP contribution in [0.2, 0.25) is 0 Å². The molecular weight excluding hydrogens is 340 g/mol. The van der Waals surface area contributed by atoms with Crippen LogP contribution >= 0.6 is 12.2 Å². The van der Waals surface area contributed by atoms with Crippen LogP contribution in [-0.2, 0) is 17.8 Å². The summed E-state index contributed by atoms with van der Waals surface area (Å²) in [4.78, 5) is 12.9. The molecule has 1 aromatic carbocycles. The Morgan fingerprint density at radius 2 is 2.24 bits per heavy atom. The van der Waals surface area contributed by atoms with E-state index < -0.39 is 12.5 Å². The van der Waals surface area contributed by atoms with Crippen molar-refractivity contribution in [3.05, 3.63) is 45.7 Å². The lowest BCUT2D eigenvalue weighted by Crippen LogP contribution is -2.24. The van der Waals surface area contributed by atoms with E-state index in [1.54, 1.807) is 6.08 Å². The normalized spacial score (nSPS) is 13.1. The van der Waals surface area contributed by atoms with E-state index in [-0.39, 0.29) is 16.5 Å². The molecule has 3 rings (SSSR count). The van der Waals surface area contributed by atoms with Gasteiger partial charge in [0.15, 0.2) is 5.76 Å². The van der Waals surface area contributed by atoms with Crippen LogP contribution in [0.15, 0.2) is 28.3 Å². The first-order chi connectivity index (χ1) is 12.0. The van der Waals surface area contributed by atoms with Crippen molar-refractivity contribution in [1.82, 2.24) is 4.57 Å². The Kier molecular flexibility index (Phi) is 4.79. The zero-order chi connectivity index (χ0) is 18.0. The number of fused-ring (bicyclic) bond motifs is 1. The maximum atomic E-state index is 10.8. The Labute approximate surface area is 149 Å². The van der Waals surface area contributed by atoms with E-state index in [1.807, 2.05) is 6.07 Å². The third kappa shape index (κ3) is 3.68. The van der Waals surface area contributed by atoms with Crippen LogP contribution in [0, 0.1) is 4.84 Å². The van der Waals surface area contributed by atoms with Gasteiger partial charge < -0.3 is 19.5 Å². The number of carboxylic acids is 1. The first-order valence-corrected chi connectivity index (χ1v) is 8.27. The van der Waals surface area contributed by atoms with Crippen LogP contribution in [0.1, 0.15) is 23.3 Å². The minimum atomic E-state index is -1.11. The van der Waals surface area contributed by atoms with E-state index in [0.717, 1.165) is 29.5 Å². The van der Waals surface area contributed by atoms with Gasteiger partial charge in [0.05, 0.1) is 0 Å². The molecule has 0 fully saturated rings. The molecule has 1 aliphatic heterocycles. The molecule has 0 saturated heterocycles. The molecule has 0 bridgehead atoms. The van der Waals surface area contributed by atoms with Crippen LogP contribution < -0.4 is 4.90 Å². The van der Waals surface area contributed by atoms with Crippen molar-refractivity contribution < 1.29 is 19.4 Å². The molecule has 0 amide bonds. The zero-order valence-corrected chi connectivity index (χ0v) is 14.5. The van der Waals surface area contributed by atoms with Crippen LogP contribution in [0.5, 0.6) is 5.88 Å². The van der Waals surface area contributed by atoms with Crippen molar-refractivity contribution in [3.63, 3.8) is 0 Å². The largest absolute Gasteiger partial charge is 0.492 e. The fourth-order valence-corrected chi connectivity index (χ4v) is 3.13. The molecule has 25 heavy (non-hydrogen) atoms. The van der Waals surface area contributed by atoms with Gasteiger partial charge in [0.1, 0.15) is 6.54 Å². The molecule has 0 aliphatic carbocycles. The lowest BCUT2D eigenvalue weighted by atomic mass is 9.99. The van der Waals surface area contributed by atoms with Gasteiger partial charge in [0.2, 0.25) is 5.88 Å². The van der Waals surface area contributed by atoms with Crippen molar-refractivity contribution in [2.24, 2.45) is 0 Å². The molecule has 0 unspecified atom stereocenters. The molecular formula is C18H18N2O4S. The Hall–Kier alpha value is -2.76. The van der Waals surface area contributed by atoms with E-state index >= 15 is 0 Å². The number of aliphatic carboxylic acids is 1. The number of aromatic hydroxyl groups is 1. The second kappa shape index (κ2) is 7.01. The Balaban J connectivity index is 1.85. The number of carboxylic acid groups (broad SMARTS) is 1. The SMILES string of the molecule is CN1CCCc2cc(C=C=Cc3oc(=S)n(CC(=O)O)c3O)ccc21. The monoisotopic (exact) mass is 358 g/mol. The maximum Gasteiger partial charge on any atom is 0.323 e. The van der Waals surface area contributed by atoms with Crippen LogP contribution in [0.3, 0.4) is 0 Å². The van der Waals surface area contributed by atoms with Crippen LogP contribution in [0.4, 0.5) is 5.69 Å². The van der Waals surface area contributed by atoms with Gasteiger partial charge >= 0.3 is 5.97 Å². The lowest BCUT2D eigenvalue weighted by molar-refractivity contribution is -0.137. The van der Waals surface area contributed by atoms with E-state index in [2.05, 4.69) is 29.8 Å². The number of hydrogen-bond donors (Lipinski definition) is 2. The molecule has 0 spiro atoms. The second-order valence-electron chi connectivity index (χ2n) is 5.90. The predicted molar refractivity (Wildman–Crippen MR) is 97.3 cm³/mol. The van der Waals surface area contributed by atoms with Gasteiger partial charge in [-0.25, -0.2) is 0 Å². The Bertz CT molecular complexity index is 935. The summed E-state index contributed by atoms with van der Waals surface area (Å²) >= 11 is 4.91. The molecule has 7 heteroatoms. The fraction of sp³-hybridized carbons (Fsp3) is 0.278. The van der Waals surface area contributed by atoms with Crippen molar-refractivity contribution in [2.75, 3.05) is 18.5 Å². The topological polar surface area (TPSA) is 78.8 Å². The molecule has 2 aromatic rings. The first kappa shape index (κ1) is 17.1. The lowest BCUT2D eigenvalue weighted by Gasteiger charge is -2.27. The first-order valence-electron chi connectivity index (χ1n) is 7.86. The molecule has 1 aromatic heterocycles. The molecule has 0 radical (unpaired) electrons. The highest BCUT2D eigenvalue weighted by atomic mass is 32.1. The maximum absolute atomic E-state index is 10.8. The van der Waals surface area contributed by atoms with Gasteiger partial charge in [0, 0.05) is 25.4 Å². The van der Waals surface area contributed by atoms with Gasteiger partial charge in [-0.3, -0.25) is 9.36 Å². The molecule has 6 nitrogen and oxygen atoms in total. The quantitative estimate of drug-likeness (QED) is 0.645. The highest BCUT2D eigenvalue weighted by Crippen LogP contribution is 2.27. The summed E-state index contributed by atoms with van der Waals surface area (Å²) in [6.07, 6.45) is 5.41. The number of hydrogen-bond acceptors (Lipinski definition) is 5. The highest BCUT2D eigenvalue weighted by Gasteiger charge is 2.14. The van der Waals surface area contributed by atoms with Crippen LogP contribution in [0.25, 0.3) is 12.2 Å². The third-order valence-electron chi connectivity index (χ3n) is 4.11. The third-order valence-corrected chi connectivity index (χ3v) is 4.41. The average molecular weight is 358 g/mol. The number of anilines is 1. The molecule has 1 aliphatic rings. The van der Waals surface area contributed by atoms with Crippen molar-refractivity contribution in [3.8, 4) is 5.88 Å². The number of nitrogens with zero attached hydrogens (tertiary/aromatic N) is 2. The van der Waals surface area contributed by atoms with E-state index in [0.29, 0.717) is 0 Å². The second-order valence-corrected chi connectivity index (χ2v) is 6.25. The fourth-order valence-electron chi connectivity index (χ4n) is 2.89. The summed E-state index contributed by atoms with van der Waals surface area (Å²) < 4.78 is 6.22. The molecule has 0 saturated carbocycles. The molecule has 130 valence electrons. The number of benzene rings is 1.